The Morgan fingerprint density at radius 2 is 1.05 bits per heavy atom. The van der Waals surface area contributed by atoms with Gasteiger partial charge in [0.05, 0.1) is 0 Å². The van der Waals surface area contributed by atoms with E-state index in [2.05, 4.69) is 41.5 Å². The second kappa shape index (κ2) is 8.90. The Morgan fingerprint density at radius 3 is 1.33 bits per heavy atom. The third-order valence-corrected chi connectivity index (χ3v) is 8.64. The fraction of sp³-hybridized carbons (Fsp3) is 0.556. The van der Waals surface area contributed by atoms with Crippen LogP contribution in [0, 0.1) is 0 Å². The molecule has 0 radical (unpaired) electrons. The molecule has 116 valence electrons. The van der Waals surface area contributed by atoms with E-state index < -0.39 is 23.2 Å². The van der Waals surface area contributed by atoms with Crippen LogP contribution in [-0.4, -0.2) is 0 Å². The molecule has 0 heterocycles. The molecule has 0 amide bonds. The van der Waals surface area contributed by atoms with E-state index in [0.29, 0.717) is 0 Å². The Balaban J connectivity index is 0.00000200. The monoisotopic (exact) mass is 402 g/mol. The molecule has 0 aromatic heterocycles. The van der Waals surface area contributed by atoms with Gasteiger partial charge in [0.2, 0.25) is 0 Å². The van der Waals surface area contributed by atoms with Crippen LogP contribution in [0.2, 0.25) is 0 Å². The van der Waals surface area contributed by atoms with Gasteiger partial charge < -0.3 is 24.8 Å². The van der Waals surface area contributed by atoms with Gasteiger partial charge >= 0.3 is 130 Å². The molecule has 0 aromatic carbocycles. The Bertz CT molecular complexity index is 485. The summed E-state index contributed by atoms with van der Waals surface area (Å²) in [6.45, 7) is 14.0. The zero-order valence-corrected chi connectivity index (χ0v) is 18.1. The molecule has 0 bridgehead atoms. The molecular formula is C18H26Cl2Zr. The molecule has 0 aliphatic heterocycles. The molecule has 0 spiro atoms. The van der Waals surface area contributed by atoms with Gasteiger partial charge in [-0.1, -0.05) is 0 Å². The fourth-order valence-corrected chi connectivity index (χ4v) is 8.52. The van der Waals surface area contributed by atoms with Crippen molar-refractivity contribution in [3.8, 4) is 0 Å². The first-order chi connectivity index (χ1) is 8.99. The van der Waals surface area contributed by atoms with E-state index in [1.807, 2.05) is 6.56 Å². The molecule has 21 heavy (non-hydrogen) atoms. The minimum absolute atomic E-state index is 0. The van der Waals surface area contributed by atoms with Gasteiger partial charge in [0.1, 0.15) is 0 Å². The summed E-state index contributed by atoms with van der Waals surface area (Å²) >= 11 is -0.522. The Morgan fingerprint density at radius 1 is 0.714 bits per heavy atom. The van der Waals surface area contributed by atoms with E-state index in [1.165, 1.54) is 25.7 Å². The largest absolute Gasteiger partial charge is 1.00 e. The molecule has 0 saturated carbocycles. The minimum Gasteiger partial charge on any atom is -1.00 e. The smallest absolute Gasteiger partial charge is 1.00 e. The molecule has 2 aliphatic carbocycles. The average molecular weight is 405 g/mol. The maximum Gasteiger partial charge on any atom is -1.00 e. The van der Waals surface area contributed by atoms with Crippen molar-refractivity contribution in [1.82, 2.24) is 0 Å². The normalized spacial score (nSPS) is 18.2. The SMILES string of the molecule is CCC1=[C]([Zr+2][C]2=C(CC)C(C)=C(C)C2)CC(C)=C1C.[Cl-].[Cl-]. The Hall–Kier alpha value is 0.423. The van der Waals surface area contributed by atoms with E-state index in [9.17, 15) is 0 Å². The van der Waals surface area contributed by atoms with Crippen molar-refractivity contribution in [2.75, 3.05) is 0 Å². The summed E-state index contributed by atoms with van der Waals surface area (Å²) in [4.78, 5) is 0. The van der Waals surface area contributed by atoms with Crippen LogP contribution in [0.5, 0.6) is 0 Å². The first-order valence-corrected chi connectivity index (χ1v) is 9.99. The molecule has 0 nitrogen and oxygen atoms in total. The maximum atomic E-state index is 2.33. The first kappa shape index (κ1) is 21.4. The average Bonchev–Trinajstić information content (AvgIpc) is 2.79. The van der Waals surface area contributed by atoms with Gasteiger partial charge in [0, 0.05) is 0 Å². The number of rotatable bonds is 4. The van der Waals surface area contributed by atoms with Crippen molar-refractivity contribution in [2.24, 2.45) is 0 Å². The van der Waals surface area contributed by atoms with E-state index in [1.54, 1.807) is 33.4 Å². The summed E-state index contributed by atoms with van der Waals surface area (Å²) < 4.78 is 3.73. The summed E-state index contributed by atoms with van der Waals surface area (Å²) in [5.41, 5.74) is 9.91. The van der Waals surface area contributed by atoms with Gasteiger partial charge in [-0.25, -0.2) is 0 Å². The van der Waals surface area contributed by atoms with E-state index >= 15 is 0 Å². The second-order valence-electron chi connectivity index (χ2n) is 5.91. The first-order valence-electron chi connectivity index (χ1n) is 7.54. The third-order valence-electron chi connectivity index (χ3n) is 4.81. The van der Waals surface area contributed by atoms with E-state index in [0.717, 1.165) is 0 Å². The van der Waals surface area contributed by atoms with Crippen LogP contribution < -0.4 is 24.8 Å². The van der Waals surface area contributed by atoms with Crippen molar-refractivity contribution in [3.05, 3.63) is 40.0 Å². The fourth-order valence-electron chi connectivity index (χ4n) is 3.36. The van der Waals surface area contributed by atoms with Gasteiger partial charge in [0.15, 0.2) is 0 Å². The van der Waals surface area contributed by atoms with Crippen molar-refractivity contribution in [1.29, 1.82) is 0 Å². The summed E-state index contributed by atoms with van der Waals surface area (Å²) in [5.74, 6) is 0. The van der Waals surface area contributed by atoms with Crippen LogP contribution in [0.15, 0.2) is 40.0 Å². The van der Waals surface area contributed by atoms with Crippen molar-refractivity contribution >= 4 is 0 Å². The van der Waals surface area contributed by atoms with Crippen LogP contribution in [-0.2, 0) is 23.2 Å². The zero-order valence-electron chi connectivity index (χ0n) is 14.1. The van der Waals surface area contributed by atoms with Crippen LogP contribution in [0.4, 0.5) is 0 Å². The van der Waals surface area contributed by atoms with E-state index in [4.69, 9.17) is 0 Å². The molecule has 0 unspecified atom stereocenters. The third kappa shape index (κ3) is 4.24. The van der Waals surface area contributed by atoms with Crippen molar-refractivity contribution < 1.29 is 48.0 Å². The van der Waals surface area contributed by atoms with Crippen LogP contribution in [0.25, 0.3) is 0 Å². The molecule has 0 N–H and O–H groups in total. The summed E-state index contributed by atoms with van der Waals surface area (Å²) in [7, 11) is 0. The molecule has 2 aliphatic rings. The second-order valence-corrected chi connectivity index (χ2v) is 9.49. The molecule has 2 rings (SSSR count). The van der Waals surface area contributed by atoms with Gasteiger partial charge in [-0.2, -0.15) is 0 Å². The summed E-state index contributed by atoms with van der Waals surface area (Å²) in [6, 6.07) is 0. The predicted molar refractivity (Wildman–Crippen MR) is 80.6 cm³/mol. The van der Waals surface area contributed by atoms with Crippen LogP contribution in [0.3, 0.4) is 0 Å². The number of halogens is 2. The molecule has 3 heteroatoms. The summed E-state index contributed by atoms with van der Waals surface area (Å²) in [5, 5.41) is 0. The van der Waals surface area contributed by atoms with Gasteiger partial charge in [-0.3, -0.25) is 0 Å². The predicted octanol–water partition coefficient (Wildman–Crippen LogP) is -0.115. The number of allylic oxidation sites excluding steroid dienone is 8. The topological polar surface area (TPSA) is 0 Å². The Kier molecular flexibility index (Phi) is 9.08. The van der Waals surface area contributed by atoms with Gasteiger partial charge in [-0.05, 0) is 0 Å². The van der Waals surface area contributed by atoms with Crippen LogP contribution >= 0.6 is 0 Å². The van der Waals surface area contributed by atoms with Crippen molar-refractivity contribution in [3.63, 3.8) is 0 Å². The molecule has 0 atom stereocenters. The quantitative estimate of drug-likeness (QED) is 0.613. The van der Waals surface area contributed by atoms with Gasteiger partial charge in [-0.15, -0.1) is 0 Å². The van der Waals surface area contributed by atoms with E-state index in [-0.39, 0.29) is 24.8 Å². The minimum atomic E-state index is -0.522. The molecule has 0 aromatic rings. The molecule has 0 saturated heterocycles. The number of hydrogen-bond donors (Lipinski definition) is 0. The Labute approximate surface area is 154 Å². The zero-order chi connectivity index (χ0) is 14.2. The van der Waals surface area contributed by atoms with Crippen molar-refractivity contribution in [2.45, 2.75) is 67.2 Å². The number of hydrogen-bond acceptors (Lipinski definition) is 0. The molecular weight excluding hydrogens is 378 g/mol. The summed E-state index contributed by atoms with van der Waals surface area (Å²) in [6.07, 6.45) is 5.05. The van der Waals surface area contributed by atoms with Gasteiger partial charge in [0.25, 0.3) is 0 Å². The van der Waals surface area contributed by atoms with Crippen LogP contribution in [0.1, 0.15) is 67.2 Å². The maximum absolute atomic E-state index is 2.33. The molecule has 0 fully saturated rings. The standard InChI is InChI=1S/2C9H13.2ClH.Zr/c2*1-4-9-6-5-7(2)8(9)3;;;/h2*4-5H2,1-3H3;2*1H;/q;;;;+2/p-2.